The van der Waals surface area contributed by atoms with Gasteiger partial charge in [0.15, 0.2) is 0 Å². The number of benzene rings is 1. The van der Waals surface area contributed by atoms with Crippen LogP contribution in [0.2, 0.25) is 0 Å². The van der Waals surface area contributed by atoms with Crippen LogP contribution in [0.4, 0.5) is 5.69 Å². The maximum atomic E-state index is 10.2. The van der Waals surface area contributed by atoms with Gasteiger partial charge < -0.3 is 0 Å². The first-order valence-electron chi connectivity index (χ1n) is 3.91. The first kappa shape index (κ1) is 7.16. The highest BCUT2D eigenvalue weighted by atomic mass is 16.1. The molecule has 61 valence electrons. The van der Waals surface area contributed by atoms with Crippen LogP contribution in [-0.2, 0) is 11.2 Å². The molecule has 0 fully saturated rings. The third-order valence-electron chi connectivity index (χ3n) is 2.05. The van der Waals surface area contributed by atoms with Gasteiger partial charge in [-0.05, 0) is 18.1 Å². The molecule has 0 bridgehead atoms. The Morgan fingerprint density at radius 3 is 3.08 bits per heavy atom. The molecule has 12 heavy (non-hydrogen) atoms. The van der Waals surface area contributed by atoms with Crippen LogP contribution in [0, 0.1) is 0 Å². The second-order valence-electron chi connectivity index (χ2n) is 2.72. The van der Waals surface area contributed by atoms with E-state index in [1.54, 1.807) is 5.01 Å². The molecule has 1 aliphatic rings. The molecule has 3 nitrogen and oxygen atoms in total. The van der Waals surface area contributed by atoms with Crippen molar-refractivity contribution < 1.29 is 4.79 Å². The number of nitrogens with zero attached hydrogens (tertiary/aromatic N) is 2. The van der Waals surface area contributed by atoms with E-state index in [1.807, 2.05) is 18.2 Å². The quantitative estimate of drug-likeness (QED) is 0.599. The predicted octanol–water partition coefficient (Wildman–Crippen LogP) is 0.725. The molecule has 3 heteroatoms. The monoisotopic (exact) mass is 161 g/mol. The van der Waals surface area contributed by atoms with Gasteiger partial charge in [0.05, 0.1) is 5.69 Å². The van der Waals surface area contributed by atoms with Crippen LogP contribution in [0.15, 0.2) is 24.3 Å². The molecule has 1 aromatic rings. The number of fused-ring (bicyclic) bond motifs is 1. The Morgan fingerprint density at radius 2 is 2.25 bits per heavy atom. The van der Waals surface area contributed by atoms with E-state index >= 15 is 0 Å². The molecule has 0 spiro atoms. The Hall–Kier alpha value is -1.51. The van der Waals surface area contributed by atoms with Gasteiger partial charge in [0, 0.05) is 6.54 Å². The van der Waals surface area contributed by atoms with Crippen molar-refractivity contribution in [3.05, 3.63) is 29.8 Å². The van der Waals surface area contributed by atoms with Gasteiger partial charge in [-0.25, -0.2) is 0 Å². The number of hydrogen-bond acceptors (Lipinski definition) is 2. The first-order chi connectivity index (χ1) is 5.92. The molecule has 0 aromatic heterocycles. The summed E-state index contributed by atoms with van der Waals surface area (Å²) in [6.07, 6.45) is 1.57. The van der Waals surface area contributed by atoms with Crippen molar-refractivity contribution in [2.24, 2.45) is 0 Å². The minimum atomic E-state index is 0.585. The van der Waals surface area contributed by atoms with Crippen molar-refractivity contribution in [1.29, 1.82) is 0 Å². The van der Waals surface area contributed by atoms with Gasteiger partial charge in [-0.2, -0.15) is 0 Å². The van der Waals surface area contributed by atoms with E-state index < -0.39 is 0 Å². The summed E-state index contributed by atoms with van der Waals surface area (Å²) >= 11 is 0. The molecule has 1 heterocycles. The zero-order chi connectivity index (χ0) is 8.39. The van der Waals surface area contributed by atoms with Crippen molar-refractivity contribution in [3.63, 3.8) is 0 Å². The van der Waals surface area contributed by atoms with Gasteiger partial charge in [0.1, 0.15) is 0 Å². The smallest absolute Gasteiger partial charge is 0.250 e. The van der Waals surface area contributed by atoms with E-state index in [1.165, 1.54) is 5.56 Å². The summed E-state index contributed by atoms with van der Waals surface area (Å²) in [5, 5.41) is 1.74. The lowest BCUT2D eigenvalue weighted by Gasteiger charge is -2.12. The number of carbonyl (C=O) groups excluding carboxylic acids is 1. The van der Waals surface area contributed by atoms with Crippen LogP contribution in [-0.4, -0.2) is 13.0 Å². The number of hydrogen-bond donors (Lipinski definition) is 0. The van der Waals surface area contributed by atoms with Gasteiger partial charge in [-0.1, -0.05) is 18.2 Å². The molecule has 1 amide bonds. The van der Waals surface area contributed by atoms with Gasteiger partial charge in [0.2, 0.25) is 6.41 Å². The fourth-order valence-corrected chi connectivity index (χ4v) is 1.50. The highest BCUT2D eigenvalue weighted by molar-refractivity contribution is 5.61. The summed E-state index contributed by atoms with van der Waals surface area (Å²) in [7, 11) is 0. The summed E-state index contributed by atoms with van der Waals surface area (Å²) in [6, 6.07) is 8.01. The number of amides is 1. The molecule has 0 unspecified atom stereocenters. The van der Waals surface area contributed by atoms with E-state index in [-0.39, 0.29) is 0 Å². The number of anilines is 1. The third kappa shape index (κ3) is 1.03. The van der Waals surface area contributed by atoms with Crippen LogP contribution in [0.3, 0.4) is 0 Å². The van der Waals surface area contributed by atoms with Crippen LogP contribution in [0.25, 0.3) is 0 Å². The fourth-order valence-electron chi connectivity index (χ4n) is 1.50. The molecule has 0 saturated heterocycles. The van der Waals surface area contributed by atoms with E-state index in [0.29, 0.717) is 6.41 Å². The summed E-state index contributed by atoms with van der Waals surface area (Å²) in [5.74, 6) is 0. The van der Waals surface area contributed by atoms with Gasteiger partial charge in [-0.15, -0.1) is 5.43 Å². The Bertz CT molecular complexity index is 298. The number of rotatable bonds is 2. The number of carbonyl (C=O) groups is 1. The minimum absolute atomic E-state index is 0.585. The zero-order valence-electron chi connectivity index (χ0n) is 6.60. The van der Waals surface area contributed by atoms with Gasteiger partial charge >= 0.3 is 0 Å². The highest BCUT2D eigenvalue weighted by Crippen LogP contribution is 2.25. The predicted molar refractivity (Wildman–Crippen MR) is 45.7 cm³/mol. The molecule has 2 rings (SSSR count). The number of para-hydroxylation sites is 1. The normalized spacial score (nSPS) is 14.2. The molecule has 0 saturated carbocycles. The maximum absolute atomic E-state index is 10.2. The lowest BCUT2D eigenvalue weighted by Crippen LogP contribution is -2.28. The Morgan fingerprint density at radius 1 is 1.42 bits per heavy atom. The molecule has 1 aliphatic heterocycles. The Labute approximate surface area is 71.0 Å². The lowest BCUT2D eigenvalue weighted by molar-refractivity contribution is -0.109. The van der Waals surface area contributed by atoms with Crippen LogP contribution in [0.5, 0.6) is 0 Å². The topological polar surface area (TPSA) is 34.4 Å². The second-order valence-corrected chi connectivity index (χ2v) is 2.72. The summed E-state index contributed by atoms with van der Waals surface area (Å²) in [4.78, 5) is 10.2. The third-order valence-corrected chi connectivity index (χ3v) is 2.05. The molecular formula is C9H9N2O. The Balaban J connectivity index is 2.29. The van der Waals surface area contributed by atoms with Crippen LogP contribution >= 0.6 is 0 Å². The molecule has 0 atom stereocenters. The highest BCUT2D eigenvalue weighted by Gasteiger charge is 2.18. The summed E-state index contributed by atoms with van der Waals surface area (Å²) in [6.45, 7) is 0.818. The van der Waals surface area contributed by atoms with Gasteiger partial charge in [0.25, 0.3) is 0 Å². The summed E-state index contributed by atoms with van der Waals surface area (Å²) < 4.78 is 0. The van der Waals surface area contributed by atoms with E-state index in [4.69, 9.17) is 0 Å². The van der Waals surface area contributed by atoms with Crippen LogP contribution in [0.1, 0.15) is 5.56 Å². The molecular weight excluding hydrogens is 152 g/mol. The fraction of sp³-hybridized carbons (Fsp3) is 0.222. The Kier molecular flexibility index (Phi) is 1.70. The van der Waals surface area contributed by atoms with Gasteiger partial charge in [-0.3, -0.25) is 9.80 Å². The second kappa shape index (κ2) is 2.85. The molecule has 1 radical (unpaired) electrons. The first-order valence-corrected chi connectivity index (χ1v) is 3.91. The summed E-state index contributed by atoms with van der Waals surface area (Å²) in [5.41, 5.74) is 6.04. The average molecular weight is 161 g/mol. The SMILES string of the molecule is O=C[N]N1CCc2ccccc21. The largest absolute Gasteiger partial charge is 0.275 e. The molecule has 1 aromatic carbocycles. The van der Waals surface area contributed by atoms with Crippen molar-refractivity contribution in [1.82, 2.24) is 5.43 Å². The van der Waals surface area contributed by atoms with Crippen molar-refractivity contribution in [2.45, 2.75) is 6.42 Å². The van der Waals surface area contributed by atoms with Crippen molar-refractivity contribution >= 4 is 12.1 Å². The van der Waals surface area contributed by atoms with Crippen LogP contribution < -0.4 is 10.4 Å². The lowest BCUT2D eigenvalue weighted by atomic mass is 10.2. The average Bonchev–Trinajstić information content (AvgIpc) is 2.50. The maximum Gasteiger partial charge on any atom is 0.250 e. The standard InChI is InChI=1S/C9H9N2O/c12-7-10-11-6-5-8-3-1-2-4-9(8)11/h1-4,7H,5-6H2. The van der Waals surface area contributed by atoms with Crippen molar-refractivity contribution in [3.8, 4) is 0 Å². The van der Waals surface area contributed by atoms with E-state index in [2.05, 4.69) is 11.5 Å². The van der Waals surface area contributed by atoms with Crippen molar-refractivity contribution in [2.75, 3.05) is 11.6 Å². The van der Waals surface area contributed by atoms with E-state index in [9.17, 15) is 4.79 Å². The minimum Gasteiger partial charge on any atom is -0.275 e. The van der Waals surface area contributed by atoms with E-state index in [0.717, 1.165) is 18.7 Å². The molecule has 0 aliphatic carbocycles. The molecule has 0 N–H and O–H groups in total. The zero-order valence-corrected chi connectivity index (χ0v) is 6.60.